The third kappa shape index (κ3) is 3.68. The number of hydrogen-bond acceptors (Lipinski definition) is 4. The number of nitrogens with one attached hydrogen (secondary N) is 1. The third-order valence-corrected chi connectivity index (χ3v) is 4.41. The summed E-state index contributed by atoms with van der Waals surface area (Å²) < 4.78 is 5.31. The van der Waals surface area contributed by atoms with E-state index in [0.717, 1.165) is 12.1 Å². The summed E-state index contributed by atoms with van der Waals surface area (Å²) in [4.78, 5) is 14.4. The van der Waals surface area contributed by atoms with Crippen molar-refractivity contribution >= 4 is 29.9 Å². The molecule has 1 aliphatic heterocycles. The van der Waals surface area contributed by atoms with Gasteiger partial charge in [-0.15, -0.1) is 12.4 Å². The van der Waals surface area contributed by atoms with Crippen LogP contribution in [0, 0.1) is 0 Å². The Labute approximate surface area is 146 Å². The predicted octanol–water partition coefficient (Wildman–Crippen LogP) is 3.24. The van der Waals surface area contributed by atoms with E-state index in [1.54, 1.807) is 18.2 Å². The summed E-state index contributed by atoms with van der Waals surface area (Å²) in [6.45, 7) is 5.58. The molecule has 5 nitrogen and oxygen atoms in total. The first-order valence-electron chi connectivity index (χ1n) is 7.33. The molecule has 2 unspecified atom stereocenters. The van der Waals surface area contributed by atoms with Gasteiger partial charge in [0.25, 0.3) is 5.91 Å². The lowest BCUT2D eigenvalue weighted by atomic mass is 10.1. The Kier molecular flexibility index (Phi) is 5.68. The summed E-state index contributed by atoms with van der Waals surface area (Å²) in [5, 5.41) is 7.94. The predicted molar refractivity (Wildman–Crippen MR) is 92.2 cm³/mol. The van der Waals surface area contributed by atoms with Crippen molar-refractivity contribution in [2.24, 2.45) is 0 Å². The Morgan fingerprint density at radius 1 is 1.35 bits per heavy atom. The summed E-state index contributed by atoms with van der Waals surface area (Å²) >= 11 is 5.87. The highest BCUT2D eigenvalue weighted by Gasteiger charge is 2.30. The summed E-state index contributed by atoms with van der Waals surface area (Å²) in [5.41, 5.74) is 1.18. The van der Waals surface area contributed by atoms with Gasteiger partial charge in [-0.25, -0.2) is 0 Å². The second-order valence-electron chi connectivity index (χ2n) is 5.57. The molecule has 2 heterocycles. The normalized spacial score (nSPS) is 20.9. The standard InChI is InChI=1S/C16H18ClN3O2.ClH/c1-10-11(2)20(8-7-18-10)16(21)14-9-15(22-19-14)12-3-5-13(17)6-4-12;/h3-6,9-11,18H,7-8H2,1-2H3;1H. The highest BCUT2D eigenvalue weighted by Crippen LogP contribution is 2.23. The van der Waals surface area contributed by atoms with Crippen molar-refractivity contribution < 1.29 is 9.32 Å². The van der Waals surface area contributed by atoms with Crippen LogP contribution in [0.25, 0.3) is 11.3 Å². The number of carbonyl (C=O) groups is 1. The number of piperazine rings is 1. The van der Waals surface area contributed by atoms with E-state index in [1.807, 2.05) is 24.0 Å². The average Bonchev–Trinajstić information content (AvgIpc) is 3.00. The molecule has 1 aliphatic rings. The van der Waals surface area contributed by atoms with Gasteiger partial charge < -0.3 is 14.7 Å². The number of hydrogen-bond donors (Lipinski definition) is 1. The minimum Gasteiger partial charge on any atom is -0.355 e. The van der Waals surface area contributed by atoms with Crippen molar-refractivity contribution in [2.75, 3.05) is 13.1 Å². The molecule has 124 valence electrons. The van der Waals surface area contributed by atoms with Crippen molar-refractivity contribution in [1.29, 1.82) is 0 Å². The van der Waals surface area contributed by atoms with Crippen molar-refractivity contribution in [3.05, 3.63) is 41.0 Å². The van der Waals surface area contributed by atoms with Crippen LogP contribution in [-0.4, -0.2) is 41.1 Å². The number of halogens is 2. The van der Waals surface area contributed by atoms with Crippen LogP contribution in [0.15, 0.2) is 34.9 Å². The summed E-state index contributed by atoms with van der Waals surface area (Å²) in [7, 11) is 0. The van der Waals surface area contributed by atoms with E-state index >= 15 is 0 Å². The van der Waals surface area contributed by atoms with Gasteiger partial charge >= 0.3 is 0 Å². The van der Waals surface area contributed by atoms with Crippen LogP contribution in [0.3, 0.4) is 0 Å². The lowest BCUT2D eigenvalue weighted by molar-refractivity contribution is 0.0592. The zero-order valence-corrected chi connectivity index (χ0v) is 14.5. The Morgan fingerprint density at radius 2 is 2.04 bits per heavy atom. The molecule has 1 aromatic heterocycles. The van der Waals surface area contributed by atoms with Crippen molar-refractivity contribution in [1.82, 2.24) is 15.4 Å². The topological polar surface area (TPSA) is 58.4 Å². The van der Waals surface area contributed by atoms with Gasteiger partial charge in [0.2, 0.25) is 0 Å². The molecule has 2 aromatic rings. The van der Waals surface area contributed by atoms with E-state index in [-0.39, 0.29) is 30.4 Å². The van der Waals surface area contributed by atoms with Gasteiger partial charge in [-0.05, 0) is 38.1 Å². The Morgan fingerprint density at radius 3 is 2.74 bits per heavy atom. The Hall–Kier alpha value is -1.56. The molecule has 3 rings (SSSR count). The molecular formula is C16H19Cl2N3O2. The van der Waals surface area contributed by atoms with E-state index in [2.05, 4.69) is 17.4 Å². The number of aromatic nitrogens is 1. The molecule has 7 heteroatoms. The highest BCUT2D eigenvalue weighted by molar-refractivity contribution is 6.30. The number of benzene rings is 1. The first kappa shape index (κ1) is 17.8. The zero-order chi connectivity index (χ0) is 15.7. The lowest BCUT2D eigenvalue weighted by Crippen LogP contribution is -2.57. The number of nitrogens with zero attached hydrogens (tertiary/aromatic N) is 2. The van der Waals surface area contributed by atoms with Gasteiger partial charge in [-0.2, -0.15) is 0 Å². The van der Waals surface area contributed by atoms with Crippen LogP contribution in [0.5, 0.6) is 0 Å². The fraction of sp³-hybridized carbons (Fsp3) is 0.375. The van der Waals surface area contributed by atoms with E-state index < -0.39 is 0 Å². The molecule has 2 atom stereocenters. The molecule has 23 heavy (non-hydrogen) atoms. The van der Waals surface area contributed by atoms with Gasteiger partial charge in [0.1, 0.15) is 0 Å². The number of amides is 1. The highest BCUT2D eigenvalue weighted by atomic mass is 35.5. The number of carbonyl (C=O) groups excluding carboxylic acids is 1. The van der Waals surface area contributed by atoms with Gasteiger partial charge in [0.05, 0.1) is 0 Å². The molecule has 0 aliphatic carbocycles. The van der Waals surface area contributed by atoms with E-state index in [0.29, 0.717) is 23.0 Å². The molecule has 1 amide bonds. The third-order valence-electron chi connectivity index (χ3n) is 4.15. The molecule has 0 spiro atoms. The number of rotatable bonds is 2. The van der Waals surface area contributed by atoms with E-state index in [4.69, 9.17) is 16.1 Å². The van der Waals surface area contributed by atoms with E-state index in [1.165, 1.54) is 0 Å². The van der Waals surface area contributed by atoms with Gasteiger partial charge in [-0.3, -0.25) is 4.79 Å². The maximum Gasteiger partial charge on any atom is 0.276 e. The second-order valence-corrected chi connectivity index (χ2v) is 6.00. The largest absolute Gasteiger partial charge is 0.355 e. The van der Waals surface area contributed by atoms with Crippen molar-refractivity contribution in [2.45, 2.75) is 25.9 Å². The fourth-order valence-electron chi connectivity index (χ4n) is 2.62. The van der Waals surface area contributed by atoms with Crippen LogP contribution in [0.4, 0.5) is 0 Å². The van der Waals surface area contributed by atoms with Gasteiger partial charge in [0, 0.05) is 41.8 Å². The average molecular weight is 356 g/mol. The first-order chi connectivity index (χ1) is 10.6. The van der Waals surface area contributed by atoms with Crippen LogP contribution in [0.2, 0.25) is 5.02 Å². The Bertz CT molecular complexity index is 672. The zero-order valence-electron chi connectivity index (χ0n) is 13.0. The maximum absolute atomic E-state index is 12.6. The summed E-state index contributed by atoms with van der Waals surface area (Å²) in [6.07, 6.45) is 0. The molecule has 0 saturated carbocycles. The smallest absolute Gasteiger partial charge is 0.276 e. The summed E-state index contributed by atoms with van der Waals surface area (Å²) in [5.74, 6) is 0.473. The van der Waals surface area contributed by atoms with Crippen molar-refractivity contribution in [3.8, 4) is 11.3 Å². The summed E-state index contributed by atoms with van der Waals surface area (Å²) in [6, 6.07) is 9.31. The quantitative estimate of drug-likeness (QED) is 0.898. The van der Waals surface area contributed by atoms with Gasteiger partial charge in [0.15, 0.2) is 11.5 Å². The first-order valence-corrected chi connectivity index (χ1v) is 7.71. The van der Waals surface area contributed by atoms with E-state index in [9.17, 15) is 4.79 Å². The van der Waals surface area contributed by atoms with Gasteiger partial charge in [-0.1, -0.05) is 16.8 Å². The molecular weight excluding hydrogens is 337 g/mol. The maximum atomic E-state index is 12.6. The fourth-order valence-corrected chi connectivity index (χ4v) is 2.74. The molecule has 1 N–H and O–H groups in total. The molecule has 1 fully saturated rings. The van der Waals surface area contributed by atoms with Crippen molar-refractivity contribution in [3.63, 3.8) is 0 Å². The van der Waals surface area contributed by atoms with Crippen LogP contribution >= 0.6 is 24.0 Å². The minimum absolute atomic E-state index is 0. The molecule has 0 radical (unpaired) electrons. The van der Waals surface area contributed by atoms with Crippen LogP contribution in [0.1, 0.15) is 24.3 Å². The lowest BCUT2D eigenvalue weighted by Gasteiger charge is -2.38. The Balaban J connectivity index is 0.00000192. The van der Waals surface area contributed by atoms with Crippen LogP contribution < -0.4 is 5.32 Å². The van der Waals surface area contributed by atoms with Crippen LogP contribution in [-0.2, 0) is 0 Å². The second kappa shape index (κ2) is 7.34. The molecule has 1 saturated heterocycles. The molecule has 0 bridgehead atoms. The molecule has 1 aromatic carbocycles. The minimum atomic E-state index is -0.0928. The SMILES string of the molecule is CC1NCCN(C(=O)c2cc(-c3ccc(Cl)cc3)on2)C1C.Cl. The monoisotopic (exact) mass is 355 g/mol.